The largest absolute Gasteiger partial charge is 0.363 e. The first-order valence-corrected chi connectivity index (χ1v) is 8.56. The first-order chi connectivity index (χ1) is 11.9. The Morgan fingerprint density at radius 2 is 1.92 bits per heavy atom. The maximum atomic E-state index is 12.2. The van der Waals surface area contributed by atoms with Crippen LogP contribution in [0.1, 0.15) is 41.7 Å². The minimum absolute atomic E-state index is 0.0260. The lowest BCUT2D eigenvalue weighted by Gasteiger charge is -2.24. The lowest BCUT2D eigenvalue weighted by Crippen LogP contribution is -2.22. The van der Waals surface area contributed by atoms with Crippen LogP contribution < -0.4 is 5.32 Å². The molecule has 0 bridgehead atoms. The average Bonchev–Trinajstić information content (AvgIpc) is 2.57. The van der Waals surface area contributed by atoms with Crippen LogP contribution in [0.5, 0.6) is 0 Å². The van der Waals surface area contributed by atoms with Crippen molar-refractivity contribution in [3.63, 3.8) is 0 Å². The number of carbonyl (C=O) groups excluding carboxylic acids is 1. The van der Waals surface area contributed by atoms with E-state index in [1.165, 1.54) is 5.56 Å². The number of para-hydroxylation sites is 1. The molecule has 0 saturated carbocycles. The monoisotopic (exact) mass is 336 g/mol. The first kappa shape index (κ1) is 17.4. The van der Waals surface area contributed by atoms with Gasteiger partial charge in [0.05, 0.1) is 11.8 Å². The molecule has 2 aromatic rings. The van der Waals surface area contributed by atoms with E-state index >= 15 is 0 Å². The third-order valence-corrected chi connectivity index (χ3v) is 4.61. The number of aliphatic imine (C=N–C) groups is 1. The van der Waals surface area contributed by atoms with Gasteiger partial charge >= 0.3 is 0 Å². The Labute approximate surface area is 148 Å². The molecule has 1 heterocycles. The van der Waals surface area contributed by atoms with Crippen molar-refractivity contribution in [2.45, 2.75) is 40.2 Å². The number of rotatable bonds is 4. The fourth-order valence-corrected chi connectivity index (χ4v) is 3.05. The van der Waals surface area contributed by atoms with Crippen molar-refractivity contribution in [3.8, 4) is 0 Å². The van der Waals surface area contributed by atoms with Crippen LogP contribution in [0.15, 0.2) is 41.4 Å². The Balaban J connectivity index is 1.66. The highest BCUT2D eigenvalue weighted by Crippen LogP contribution is 2.37. The first-order valence-electron chi connectivity index (χ1n) is 8.56. The summed E-state index contributed by atoms with van der Waals surface area (Å²) in [5.41, 5.74) is 7.36. The van der Waals surface area contributed by atoms with Crippen molar-refractivity contribution in [2.24, 2.45) is 4.99 Å². The van der Waals surface area contributed by atoms with Crippen molar-refractivity contribution in [1.82, 2.24) is 0 Å². The number of nitrogens with zero attached hydrogens (tertiary/aromatic N) is 1. The second kappa shape index (κ2) is 7.19. The van der Waals surface area contributed by atoms with Gasteiger partial charge in [0.15, 0.2) is 0 Å². The molecule has 1 amide bonds. The molecule has 4 heteroatoms. The van der Waals surface area contributed by atoms with E-state index in [9.17, 15) is 4.79 Å². The fourth-order valence-electron chi connectivity index (χ4n) is 3.05. The Morgan fingerprint density at radius 1 is 1.12 bits per heavy atom. The quantitative estimate of drug-likeness (QED) is 0.871. The van der Waals surface area contributed by atoms with Gasteiger partial charge in [0.25, 0.3) is 0 Å². The molecule has 1 N–H and O–H groups in total. The summed E-state index contributed by atoms with van der Waals surface area (Å²) in [6, 6.07) is 12.0. The second-order valence-corrected chi connectivity index (χ2v) is 6.71. The Bertz CT molecular complexity index is 840. The number of amides is 1. The number of hydrogen-bond donors (Lipinski definition) is 1. The van der Waals surface area contributed by atoms with Gasteiger partial charge in [-0.3, -0.25) is 9.79 Å². The predicted molar refractivity (Wildman–Crippen MR) is 102 cm³/mol. The lowest BCUT2D eigenvalue weighted by atomic mass is 9.96. The third kappa shape index (κ3) is 3.97. The zero-order valence-corrected chi connectivity index (χ0v) is 15.2. The van der Waals surface area contributed by atoms with E-state index in [2.05, 4.69) is 17.2 Å². The highest BCUT2D eigenvalue weighted by Gasteiger charge is 2.23. The Kier molecular flexibility index (Phi) is 5.00. The third-order valence-electron chi connectivity index (χ3n) is 4.61. The van der Waals surface area contributed by atoms with Gasteiger partial charge in [-0.2, -0.15) is 0 Å². The van der Waals surface area contributed by atoms with Gasteiger partial charge in [0.1, 0.15) is 6.61 Å². The van der Waals surface area contributed by atoms with E-state index < -0.39 is 0 Å². The maximum absolute atomic E-state index is 12.2. The molecule has 0 aliphatic carbocycles. The normalized spacial score (nSPS) is 16.2. The zero-order valence-electron chi connectivity index (χ0n) is 15.2. The number of ether oxygens (including phenoxy) is 1. The molecule has 0 fully saturated rings. The van der Waals surface area contributed by atoms with Crippen molar-refractivity contribution in [2.75, 3.05) is 11.9 Å². The van der Waals surface area contributed by atoms with Crippen LogP contribution in [0.4, 0.5) is 11.4 Å². The number of carbonyl (C=O) groups is 1. The van der Waals surface area contributed by atoms with Crippen LogP contribution in [0.3, 0.4) is 0 Å². The van der Waals surface area contributed by atoms with Crippen molar-refractivity contribution in [1.29, 1.82) is 0 Å². The fraction of sp³-hybridized carbons (Fsp3) is 0.333. The van der Waals surface area contributed by atoms with E-state index in [4.69, 9.17) is 4.74 Å². The molecule has 130 valence electrons. The Hall–Kier alpha value is -2.46. The number of nitrogens with one attached hydrogen (secondary N) is 1. The summed E-state index contributed by atoms with van der Waals surface area (Å²) >= 11 is 0. The Morgan fingerprint density at radius 3 is 2.68 bits per heavy atom. The summed E-state index contributed by atoms with van der Waals surface area (Å²) < 4.78 is 5.93. The van der Waals surface area contributed by atoms with E-state index in [-0.39, 0.29) is 18.6 Å². The molecule has 4 nitrogen and oxygen atoms in total. The van der Waals surface area contributed by atoms with Gasteiger partial charge in [-0.1, -0.05) is 24.3 Å². The van der Waals surface area contributed by atoms with E-state index in [1.807, 2.05) is 57.2 Å². The van der Waals surface area contributed by atoms with Crippen molar-refractivity contribution in [3.05, 3.63) is 58.7 Å². The standard InChI is InChI=1S/C21H24N2O2/c1-13-8-9-17(10-15(13)3)23-20(24)12-25-19-11-16(4)22-21-14(2)6-5-7-18(19)21/h5-10,19H,11-12H2,1-4H3,(H,23,24)/t19-/m0/s1. The van der Waals surface area contributed by atoms with Crippen LogP contribution in [0, 0.1) is 20.8 Å². The molecular weight excluding hydrogens is 312 g/mol. The number of aryl methyl sites for hydroxylation is 3. The van der Waals surface area contributed by atoms with Crippen LogP contribution in [-0.4, -0.2) is 18.2 Å². The zero-order chi connectivity index (χ0) is 18.0. The molecule has 2 aromatic carbocycles. The molecule has 1 aliphatic rings. The predicted octanol–water partition coefficient (Wildman–Crippen LogP) is 4.80. The number of benzene rings is 2. The molecule has 3 rings (SSSR count). The van der Waals surface area contributed by atoms with Gasteiger partial charge in [-0.05, 0) is 56.5 Å². The molecular formula is C21H24N2O2. The van der Waals surface area contributed by atoms with Crippen LogP contribution >= 0.6 is 0 Å². The van der Waals surface area contributed by atoms with Gasteiger partial charge in [-0.25, -0.2) is 0 Å². The molecule has 0 unspecified atom stereocenters. The smallest absolute Gasteiger partial charge is 0.250 e. The number of hydrogen-bond acceptors (Lipinski definition) is 3. The molecule has 25 heavy (non-hydrogen) atoms. The molecule has 0 aromatic heterocycles. The van der Waals surface area contributed by atoms with Crippen LogP contribution in [-0.2, 0) is 9.53 Å². The summed E-state index contributed by atoms with van der Waals surface area (Å²) in [5, 5.41) is 2.90. The van der Waals surface area contributed by atoms with Gasteiger partial charge in [-0.15, -0.1) is 0 Å². The van der Waals surface area contributed by atoms with E-state index in [1.54, 1.807) is 0 Å². The summed E-state index contributed by atoms with van der Waals surface area (Å²) in [6.45, 7) is 8.16. The van der Waals surface area contributed by atoms with Crippen LogP contribution in [0.25, 0.3) is 0 Å². The molecule has 0 radical (unpaired) electrons. The highest BCUT2D eigenvalue weighted by molar-refractivity contribution is 5.92. The van der Waals surface area contributed by atoms with Crippen molar-refractivity contribution >= 4 is 23.0 Å². The minimum atomic E-state index is -0.141. The molecule has 0 spiro atoms. The highest BCUT2D eigenvalue weighted by atomic mass is 16.5. The van der Waals surface area contributed by atoms with Crippen LogP contribution in [0.2, 0.25) is 0 Å². The molecule has 0 saturated heterocycles. The van der Waals surface area contributed by atoms with Gasteiger partial charge < -0.3 is 10.1 Å². The SMILES string of the molecule is CC1=Nc2c(C)cccc2[C@@H](OCC(=O)Nc2ccc(C)c(C)c2)C1. The molecule has 1 aliphatic heterocycles. The van der Waals surface area contributed by atoms with E-state index in [0.29, 0.717) is 6.42 Å². The van der Waals surface area contributed by atoms with Crippen molar-refractivity contribution < 1.29 is 9.53 Å². The second-order valence-electron chi connectivity index (χ2n) is 6.71. The number of fused-ring (bicyclic) bond motifs is 1. The average molecular weight is 336 g/mol. The summed E-state index contributed by atoms with van der Waals surface area (Å²) in [6.07, 6.45) is 0.589. The lowest BCUT2D eigenvalue weighted by molar-refractivity contribution is -0.122. The minimum Gasteiger partial charge on any atom is -0.363 e. The summed E-state index contributed by atoms with van der Waals surface area (Å²) in [7, 11) is 0. The van der Waals surface area contributed by atoms with Gasteiger partial charge in [0, 0.05) is 23.4 Å². The molecule has 1 atom stereocenters. The summed E-state index contributed by atoms with van der Waals surface area (Å²) in [5.74, 6) is -0.141. The van der Waals surface area contributed by atoms with E-state index in [0.717, 1.165) is 33.8 Å². The summed E-state index contributed by atoms with van der Waals surface area (Å²) in [4.78, 5) is 16.9. The van der Waals surface area contributed by atoms with Gasteiger partial charge in [0.2, 0.25) is 5.91 Å². The maximum Gasteiger partial charge on any atom is 0.250 e. The number of anilines is 1. The topological polar surface area (TPSA) is 50.7 Å².